The predicted molar refractivity (Wildman–Crippen MR) is 79.1 cm³/mol. The third-order valence-corrected chi connectivity index (χ3v) is 4.26. The maximum atomic E-state index is 5.97. The van der Waals surface area contributed by atoms with E-state index in [1.165, 1.54) is 24.2 Å². The monoisotopic (exact) mass is 295 g/mol. The van der Waals surface area contributed by atoms with Gasteiger partial charge in [0.05, 0.1) is 9.21 Å². The van der Waals surface area contributed by atoms with E-state index in [0.29, 0.717) is 11.8 Å². The molecule has 1 aliphatic heterocycles. The predicted octanol–water partition coefficient (Wildman–Crippen LogP) is 2.90. The second kappa shape index (κ2) is 5.30. The summed E-state index contributed by atoms with van der Waals surface area (Å²) in [6.45, 7) is 2.02. The van der Waals surface area contributed by atoms with E-state index in [4.69, 9.17) is 11.6 Å². The largest absolute Gasteiger partial charge is 0.357 e. The third-order valence-electron chi connectivity index (χ3n) is 3.03. The molecule has 0 saturated carbocycles. The molecule has 1 fully saturated rings. The number of hydrogen-bond donors (Lipinski definition) is 1. The molecule has 3 rings (SSSR count). The topological polar surface area (TPSA) is 53.9 Å². The summed E-state index contributed by atoms with van der Waals surface area (Å²) in [6.07, 6.45) is 2.39. The average Bonchev–Trinajstić information content (AvgIpc) is 3.09. The van der Waals surface area contributed by atoms with E-state index in [0.717, 1.165) is 28.3 Å². The molecular weight excluding hydrogens is 282 g/mol. The molecule has 0 aliphatic carbocycles. The van der Waals surface area contributed by atoms with Crippen LogP contribution >= 0.6 is 22.9 Å². The maximum absolute atomic E-state index is 5.97. The number of rotatable bonds is 3. The van der Waals surface area contributed by atoms with E-state index in [-0.39, 0.29) is 0 Å². The fourth-order valence-corrected chi connectivity index (χ4v) is 3.06. The Morgan fingerprint density at radius 2 is 2.00 bits per heavy atom. The molecule has 100 valence electrons. The number of thiophene rings is 1. The van der Waals surface area contributed by atoms with Gasteiger partial charge in [-0.05, 0) is 25.0 Å². The van der Waals surface area contributed by atoms with Crippen molar-refractivity contribution < 1.29 is 0 Å². The zero-order valence-corrected chi connectivity index (χ0v) is 12.1. The van der Waals surface area contributed by atoms with Crippen LogP contribution in [0.25, 0.3) is 10.7 Å². The number of anilines is 2. The first-order valence-corrected chi connectivity index (χ1v) is 7.40. The minimum atomic E-state index is 0.594. The fourth-order valence-electron chi connectivity index (χ4n) is 2.08. The molecule has 2 aromatic heterocycles. The van der Waals surface area contributed by atoms with Gasteiger partial charge in [-0.15, -0.1) is 11.3 Å². The van der Waals surface area contributed by atoms with Crippen molar-refractivity contribution in [2.24, 2.45) is 0 Å². The van der Waals surface area contributed by atoms with Gasteiger partial charge in [0.1, 0.15) is 0 Å². The fraction of sp³-hybridized carbons (Fsp3) is 0.417. The SMILES string of the molecule is CNc1nc(-c2ccc(Cl)s2)nc(N2CCCC2)n1. The van der Waals surface area contributed by atoms with Crippen molar-refractivity contribution in [1.29, 1.82) is 0 Å². The smallest absolute Gasteiger partial charge is 0.230 e. The van der Waals surface area contributed by atoms with Gasteiger partial charge in [0.2, 0.25) is 11.9 Å². The van der Waals surface area contributed by atoms with Gasteiger partial charge in [-0.25, -0.2) is 0 Å². The Hall–Kier alpha value is -1.40. The first kappa shape index (κ1) is 12.6. The van der Waals surface area contributed by atoms with Crippen molar-refractivity contribution in [1.82, 2.24) is 15.0 Å². The van der Waals surface area contributed by atoms with Crippen LogP contribution in [0.1, 0.15) is 12.8 Å². The Bertz CT molecular complexity index is 579. The highest BCUT2D eigenvalue weighted by atomic mass is 35.5. The summed E-state index contributed by atoms with van der Waals surface area (Å²) in [5.41, 5.74) is 0. The van der Waals surface area contributed by atoms with E-state index in [2.05, 4.69) is 25.2 Å². The number of halogens is 1. The molecule has 0 spiro atoms. The van der Waals surface area contributed by atoms with Crippen molar-refractivity contribution in [2.45, 2.75) is 12.8 Å². The van der Waals surface area contributed by atoms with Crippen LogP contribution in [-0.2, 0) is 0 Å². The average molecular weight is 296 g/mol. The van der Waals surface area contributed by atoms with Crippen LogP contribution in [0, 0.1) is 0 Å². The summed E-state index contributed by atoms with van der Waals surface area (Å²) < 4.78 is 0.740. The minimum absolute atomic E-state index is 0.594. The Morgan fingerprint density at radius 1 is 1.21 bits per heavy atom. The molecule has 3 heterocycles. The molecular formula is C12H14ClN5S. The van der Waals surface area contributed by atoms with E-state index >= 15 is 0 Å². The number of nitrogens with zero attached hydrogens (tertiary/aromatic N) is 4. The van der Waals surface area contributed by atoms with E-state index < -0.39 is 0 Å². The second-order valence-corrected chi connectivity index (χ2v) is 6.05. The third kappa shape index (κ3) is 2.64. The van der Waals surface area contributed by atoms with Crippen LogP contribution in [0.2, 0.25) is 4.34 Å². The van der Waals surface area contributed by atoms with Gasteiger partial charge in [0, 0.05) is 20.1 Å². The van der Waals surface area contributed by atoms with Gasteiger partial charge in [-0.3, -0.25) is 0 Å². The van der Waals surface area contributed by atoms with Crippen LogP contribution in [0.5, 0.6) is 0 Å². The van der Waals surface area contributed by atoms with Crippen molar-refractivity contribution in [3.05, 3.63) is 16.5 Å². The molecule has 1 saturated heterocycles. The lowest BCUT2D eigenvalue weighted by Gasteiger charge is -2.16. The van der Waals surface area contributed by atoms with E-state index in [1.54, 1.807) is 0 Å². The van der Waals surface area contributed by atoms with Crippen LogP contribution in [0.3, 0.4) is 0 Å². The maximum Gasteiger partial charge on any atom is 0.230 e. The molecule has 1 N–H and O–H groups in total. The summed E-state index contributed by atoms with van der Waals surface area (Å²) in [4.78, 5) is 16.5. The Morgan fingerprint density at radius 3 is 2.63 bits per heavy atom. The summed E-state index contributed by atoms with van der Waals surface area (Å²) >= 11 is 7.45. The Labute approximate surface area is 120 Å². The quantitative estimate of drug-likeness (QED) is 0.943. The lowest BCUT2D eigenvalue weighted by atomic mass is 10.4. The van der Waals surface area contributed by atoms with Gasteiger partial charge in [0.15, 0.2) is 5.82 Å². The highest BCUT2D eigenvalue weighted by Gasteiger charge is 2.18. The van der Waals surface area contributed by atoms with Crippen LogP contribution < -0.4 is 10.2 Å². The number of hydrogen-bond acceptors (Lipinski definition) is 6. The lowest BCUT2D eigenvalue weighted by Crippen LogP contribution is -2.21. The highest BCUT2D eigenvalue weighted by Crippen LogP contribution is 2.30. The second-order valence-electron chi connectivity index (χ2n) is 4.33. The molecule has 0 radical (unpaired) electrons. The lowest BCUT2D eigenvalue weighted by molar-refractivity contribution is 0.885. The summed E-state index contributed by atoms with van der Waals surface area (Å²) in [7, 11) is 1.81. The zero-order chi connectivity index (χ0) is 13.2. The van der Waals surface area contributed by atoms with Crippen LogP contribution in [0.15, 0.2) is 12.1 Å². The highest BCUT2D eigenvalue weighted by molar-refractivity contribution is 7.19. The summed E-state index contributed by atoms with van der Waals surface area (Å²) in [5.74, 6) is 2.02. The molecule has 0 unspecified atom stereocenters. The molecule has 7 heteroatoms. The first-order valence-electron chi connectivity index (χ1n) is 6.21. The van der Waals surface area contributed by atoms with Gasteiger partial charge in [-0.2, -0.15) is 15.0 Å². The Balaban J connectivity index is 2.01. The first-order chi connectivity index (χ1) is 9.26. The van der Waals surface area contributed by atoms with Crippen molar-refractivity contribution >= 4 is 34.8 Å². The van der Waals surface area contributed by atoms with E-state index in [9.17, 15) is 0 Å². The number of nitrogens with one attached hydrogen (secondary N) is 1. The molecule has 1 aliphatic rings. The molecule has 0 aromatic carbocycles. The number of aromatic nitrogens is 3. The van der Waals surface area contributed by atoms with Crippen molar-refractivity contribution in [3.8, 4) is 10.7 Å². The van der Waals surface area contributed by atoms with Gasteiger partial charge < -0.3 is 10.2 Å². The van der Waals surface area contributed by atoms with Crippen LogP contribution in [0.4, 0.5) is 11.9 Å². The summed E-state index contributed by atoms with van der Waals surface area (Å²) in [6, 6.07) is 3.80. The standard InChI is InChI=1S/C12H14ClN5S/c1-14-11-15-10(8-4-5-9(13)19-8)16-12(17-11)18-6-2-3-7-18/h4-5H,2-3,6-7H2,1H3,(H,14,15,16,17). The van der Waals surface area contributed by atoms with Gasteiger partial charge >= 0.3 is 0 Å². The molecule has 2 aromatic rings. The molecule has 19 heavy (non-hydrogen) atoms. The Kier molecular flexibility index (Phi) is 3.52. The molecule has 0 bridgehead atoms. The zero-order valence-electron chi connectivity index (χ0n) is 10.6. The molecule has 5 nitrogen and oxygen atoms in total. The van der Waals surface area contributed by atoms with Gasteiger partial charge in [-0.1, -0.05) is 11.6 Å². The normalized spacial score (nSPS) is 14.9. The van der Waals surface area contributed by atoms with Gasteiger partial charge in [0.25, 0.3) is 0 Å². The molecule has 0 amide bonds. The van der Waals surface area contributed by atoms with Crippen LogP contribution in [-0.4, -0.2) is 35.1 Å². The summed E-state index contributed by atoms with van der Waals surface area (Å²) in [5, 5.41) is 2.99. The minimum Gasteiger partial charge on any atom is -0.357 e. The molecule has 0 atom stereocenters. The van der Waals surface area contributed by atoms with Crippen molar-refractivity contribution in [2.75, 3.05) is 30.4 Å². The van der Waals surface area contributed by atoms with E-state index in [1.807, 2.05) is 19.2 Å². The van der Waals surface area contributed by atoms with Crippen molar-refractivity contribution in [3.63, 3.8) is 0 Å².